The Kier molecular flexibility index (Phi) is 8.76. The van der Waals surface area contributed by atoms with Gasteiger partial charge in [-0.15, -0.1) is 59.3 Å². The van der Waals surface area contributed by atoms with E-state index in [4.69, 9.17) is 0 Å². The van der Waals surface area contributed by atoms with Crippen molar-refractivity contribution < 1.29 is 21.7 Å². The maximum atomic E-state index is 2.15. The van der Waals surface area contributed by atoms with E-state index in [0.717, 1.165) is 9.52 Å². The standard InChI is InChI=1S/2C9H7.C2H6Si.Ti/c2*1-2-5-9-7-3-6-8(9)4-1;1-3-2;/h2*1-7H;1-2H3;/q2*-1;;+2. The third-order valence-electron chi connectivity index (χ3n) is 3.10. The molecule has 108 valence electrons. The first-order valence-corrected chi connectivity index (χ1v) is 9.14. The molecule has 0 heterocycles. The predicted octanol–water partition coefficient (Wildman–Crippen LogP) is 5.90. The van der Waals surface area contributed by atoms with Crippen molar-refractivity contribution in [3.05, 3.63) is 84.9 Å². The molecule has 0 N–H and O–H groups in total. The number of benzene rings is 2. The molecule has 2 radical (unpaired) electrons. The molecule has 0 spiro atoms. The fourth-order valence-electron chi connectivity index (χ4n) is 2.14. The van der Waals surface area contributed by atoms with Gasteiger partial charge in [0.25, 0.3) is 0 Å². The summed E-state index contributed by atoms with van der Waals surface area (Å²) < 4.78 is 0. The van der Waals surface area contributed by atoms with Crippen molar-refractivity contribution in [3.8, 4) is 0 Å². The van der Waals surface area contributed by atoms with Gasteiger partial charge in [-0.05, 0) is 0 Å². The van der Waals surface area contributed by atoms with E-state index >= 15 is 0 Å². The minimum Gasteiger partial charge on any atom is -0.168 e. The Bertz CT molecular complexity index is 641. The maximum Gasteiger partial charge on any atom is 2.00 e. The third kappa shape index (κ3) is 5.42. The Morgan fingerprint density at radius 1 is 0.636 bits per heavy atom. The number of rotatable bonds is 0. The first-order chi connectivity index (χ1) is 10.3. The average Bonchev–Trinajstić information content (AvgIpc) is 3.17. The first-order valence-electron chi connectivity index (χ1n) is 7.14. The summed E-state index contributed by atoms with van der Waals surface area (Å²) in [5.41, 5.74) is 0. The normalized spacial score (nSPS) is 9.18. The fraction of sp³-hybridized carbons (Fsp3) is 0.100. The molecule has 0 saturated heterocycles. The molecule has 0 amide bonds. The van der Waals surface area contributed by atoms with E-state index in [1.54, 1.807) is 0 Å². The topological polar surface area (TPSA) is 0 Å². The Labute approximate surface area is 150 Å². The molecule has 0 bridgehead atoms. The van der Waals surface area contributed by atoms with Crippen molar-refractivity contribution in [2.45, 2.75) is 13.1 Å². The first kappa shape index (κ1) is 18.6. The molecule has 0 unspecified atom stereocenters. The van der Waals surface area contributed by atoms with Crippen LogP contribution in [0.25, 0.3) is 21.5 Å². The van der Waals surface area contributed by atoms with E-state index in [1.807, 2.05) is 0 Å². The van der Waals surface area contributed by atoms with Gasteiger partial charge >= 0.3 is 21.7 Å². The van der Waals surface area contributed by atoms with Gasteiger partial charge in [0.05, 0.1) is 0 Å². The summed E-state index contributed by atoms with van der Waals surface area (Å²) in [5, 5.41) is 5.32. The summed E-state index contributed by atoms with van der Waals surface area (Å²) in [6.45, 7) is 4.31. The van der Waals surface area contributed by atoms with E-state index in [2.05, 4.69) is 98.0 Å². The van der Waals surface area contributed by atoms with Crippen LogP contribution >= 0.6 is 0 Å². The van der Waals surface area contributed by atoms with Gasteiger partial charge in [0.15, 0.2) is 0 Å². The Hall–Kier alpha value is -1.41. The molecule has 0 aromatic heterocycles. The quantitative estimate of drug-likeness (QED) is 0.277. The summed E-state index contributed by atoms with van der Waals surface area (Å²) in [4.78, 5) is 0. The van der Waals surface area contributed by atoms with Crippen molar-refractivity contribution in [1.82, 2.24) is 0 Å². The molecule has 0 saturated carbocycles. The van der Waals surface area contributed by atoms with Gasteiger partial charge in [0, 0.05) is 9.52 Å². The number of hydrogen-bond donors (Lipinski definition) is 0. The monoisotopic (exact) mass is 336 g/mol. The molecule has 0 atom stereocenters. The average molecular weight is 336 g/mol. The smallest absolute Gasteiger partial charge is 0.168 e. The van der Waals surface area contributed by atoms with Gasteiger partial charge in [-0.1, -0.05) is 25.2 Å². The number of hydrogen-bond acceptors (Lipinski definition) is 0. The van der Waals surface area contributed by atoms with Gasteiger partial charge in [-0.2, -0.15) is 35.0 Å². The molecule has 4 aromatic carbocycles. The van der Waals surface area contributed by atoms with Crippen molar-refractivity contribution in [3.63, 3.8) is 0 Å². The third-order valence-corrected chi connectivity index (χ3v) is 3.10. The molecule has 2 heteroatoms. The molecule has 0 aliphatic heterocycles. The van der Waals surface area contributed by atoms with Crippen LogP contribution in [-0.4, -0.2) is 9.52 Å². The van der Waals surface area contributed by atoms with Crippen LogP contribution in [0.3, 0.4) is 0 Å². The van der Waals surface area contributed by atoms with Crippen LogP contribution in [0.2, 0.25) is 13.1 Å². The fourth-order valence-corrected chi connectivity index (χ4v) is 2.14. The zero-order valence-electron chi connectivity index (χ0n) is 13.1. The summed E-state index contributed by atoms with van der Waals surface area (Å²) >= 11 is 0. The molecular weight excluding hydrogens is 316 g/mol. The van der Waals surface area contributed by atoms with E-state index < -0.39 is 0 Å². The van der Waals surface area contributed by atoms with Gasteiger partial charge in [-0.25, -0.2) is 0 Å². The molecule has 0 aliphatic rings. The van der Waals surface area contributed by atoms with Crippen molar-refractivity contribution >= 4 is 31.1 Å². The van der Waals surface area contributed by atoms with E-state index in [1.165, 1.54) is 21.5 Å². The maximum absolute atomic E-state index is 2.15. The van der Waals surface area contributed by atoms with Crippen LogP contribution < -0.4 is 0 Å². The molecule has 4 rings (SSSR count). The molecule has 4 aromatic rings. The molecule has 0 aliphatic carbocycles. The van der Waals surface area contributed by atoms with E-state index in [0.29, 0.717) is 0 Å². The second-order valence-corrected chi connectivity index (χ2v) is 5.81. The van der Waals surface area contributed by atoms with Crippen LogP contribution in [0.4, 0.5) is 0 Å². The van der Waals surface area contributed by atoms with Crippen LogP contribution in [0.1, 0.15) is 0 Å². The summed E-state index contributed by atoms with van der Waals surface area (Å²) in [7, 11) is 1.08. The second kappa shape index (κ2) is 10.3. The largest absolute Gasteiger partial charge is 2.00 e. The van der Waals surface area contributed by atoms with Gasteiger partial charge in [0.2, 0.25) is 0 Å². The van der Waals surface area contributed by atoms with Crippen molar-refractivity contribution in [2.75, 3.05) is 0 Å². The number of fused-ring (bicyclic) bond motifs is 2. The summed E-state index contributed by atoms with van der Waals surface area (Å²) in [6, 6.07) is 29.3. The molecule has 0 nitrogen and oxygen atoms in total. The predicted molar refractivity (Wildman–Crippen MR) is 96.6 cm³/mol. The zero-order chi connectivity index (χ0) is 14.9. The minimum atomic E-state index is 0. The van der Waals surface area contributed by atoms with Crippen LogP contribution in [-0.2, 0) is 21.7 Å². The SMILES string of the molecule is C[Si]C.[Ti+2].c1ccc2[cH-]ccc2c1.c1ccc2[cH-]ccc2c1. The second-order valence-electron chi connectivity index (χ2n) is 4.81. The minimum absolute atomic E-state index is 0. The van der Waals surface area contributed by atoms with Gasteiger partial charge < -0.3 is 0 Å². The van der Waals surface area contributed by atoms with Crippen molar-refractivity contribution in [1.29, 1.82) is 0 Å². The van der Waals surface area contributed by atoms with Gasteiger partial charge in [0.1, 0.15) is 0 Å². The summed E-state index contributed by atoms with van der Waals surface area (Å²) in [6.07, 6.45) is 0. The van der Waals surface area contributed by atoms with Crippen molar-refractivity contribution in [2.24, 2.45) is 0 Å². The van der Waals surface area contributed by atoms with Crippen LogP contribution in [0.15, 0.2) is 84.9 Å². The Morgan fingerprint density at radius 2 is 1.00 bits per heavy atom. The summed E-state index contributed by atoms with van der Waals surface area (Å²) in [5.74, 6) is 0. The Morgan fingerprint density at radius 3 is 1.36 bits per heavy atom. The molecule has 22 heavy (non-hydrogen) atoms. The Balaban J connectivity index is 0.000000181. The van der Waals surface area contributed by atoms with E-state index in [-0.39, 0.29) is 21.7 Å². The van der Waals surface area contributed by atoms with Crippen LogP contribution in [0.5, 0.6) is 0 Å². The van der Waals surface area contributed by atoms with Crippen LogP contribution in [0, 0.1) is 0 Å². The van der Waals surface area contributed by atoms with E-state index in [9.17, 15) is 0 Å². The van der Waals surface area contributed by atoms with Gasteiger partial charge in [-0.3, -0.25) is 0 Å². The molecule has 0 fully saturated rings. The zero-order valence-corrected chi connectivity index (χ0v) is 15.6. The molecular formula is C20H20SiTi.